The lowest BCUT2D eigenvalue weighted by Gasteiger charge is -2.26. The number of carboxylic acids is 1. The van der Waals surface area contributed by atoms with Crippen molar-refractivity contribution < 1.29 is 27.9 Å². The predicted molar refractivity (Wildman–Crippen MR) is 65.7 cm³/mol. The summed E-state index contributed by atoms with van der Waals surface area (Å²) in [5.74, 6) is -2.77. The highest BCUT2D eigenvalue weighted by molar-refractivity contribution is 6.34. The Balaban J connectivity index is 3.00. The minimum Gasteiger partial charge on any atom is -0.478 e. The van der Waals surface area contributed by atoms with E-state index in [1.54, 1.807) is 0 Å². The number of benzene rings is 1. The monoisotopic (exact) mass is 310 g/mol. The van der Waals surface area contributed by atoms with Crippen LogP contribution in [-0.4, -0.2) is 28.7 Å². The highest BCUT2D eigenvalue weighted by atomic mass is 35.5. The van der Waals surface area contributed by atoms with Gasteiger partial charge in [-0.1, -0.05) is 11.6 Å². The average molecular weight is 311 g/mol. The van der Waals surface area contributed by atoms with E-state index in [1.807, 2.05) is 5.32 Å². The lowest BCUT2D eigenvalue weighted by molar-refractivity contribution is -0.184. The van der Waals surface area contributed by atoms with Crippen LogP contribution in [0.5, 0.6) is 0 Å². The van der Waals surface area contributed by atoms with Gasteiger partial charge in [0.25, 0.3) is 5.91 Å². The normalized spacial score (nSPS) is 14.5. The molecule has 0 aliphatic heterocycles. The van der Waals surface area contributed by atoms with E-state index < -0.39 is 23.6 Å². The minimum absolute atomic E-state index is 0.164. The maximum Gasteiger partial charge on any atom is 0.415 e. The fourth-order valence-corrected chi connectivity index (χ4v) is 1.36. The third-order valence-corrected chi connectivity index (χ3v) is 2.84. The Labute approximate surface area is 116 Å². The number of anilines is 1. The molecule has 1 aromatic carbocycles. The van der Waals surface area contributed by atoms with E-state index in [1.165, 1.54) is 0 Å². The van der Waals surface area contributed by atoms with Crippen LogP contribution in [0.25, 0.3) is 0 Å². The van der Waals surface area contributed by atoms with Gasteiger partial charge in [-0.05, 0) is 25.1 Å². The highest BCUT2D eigenvalue weighted by Gasteiger charge is 2.54. The van der Waals surface area contributed by atoms with E-state index in [2.05, 4.69) is 0 Å². The van der Waals surface area contributed by atoms with Gasteiger partial charge in [-0.15, -0.1) is 0 Å². The molecule has 1 amide bonds. The van der Waals surface area contributed by atoms with E-state index in [0.717, 1.165) is 18.2 Å². The molecular weight excluding hydrogens is 301 g/mol. The molecule has 0 saturated carbocycles. The van der Waals surface area contributed by atoms with Gasteiger partial charge < -0.3 is 16.2 Å². The predicted octanol–water partition coefficient (Wildman–Crippen LogP) is 2.26. The van der Waals surface area contributed by atoms with Gasteiger partial charge in [0.15, 0.2) is 5.54 Å². The van der Waals surface area contributed by atoms with Crippen LogP contribution in [0.2, 0.25) is 5.02 Å². The van der Waals surface area contributed by atoms with Crippen molar-refractivity contribution in [2.24, 2.45) is 5.73 Å². The van der Waals surface area contributed by atoms with Crippen molar-refractivity contribution in [2.45, 2.75) is 18.6 Å². The zero-order valence-corrected chi connectivity index (χ0v) is 10.8. The van der Waals surface area contributed by atoms with E-state index >= 15 is 0 Å². The van der Waals surface area contributed by atoms with Crippen molar-refractivity contribution in [1.29, 1.82) is 0 Å². The maximum atomic E-state index is 12.6. The number of aromatic carboxylic acids is 1. The molecule has 9 heteroatoms. The zero-order valence-electron chi connectivity index (χ0n) is 10.1. The lowest BCUT2D eigenvalue weighted by Crippen LogP contribution is -2.59. The summed E-state index contributed by atoms with van der Waals surface area (Å²) >= 11 is 5.68. The lowest BCUT2D eigenvalue weighted by atomic mass is 10.0. The fraction of sp³-hybridized carbons (Fsp3) is 0.273. The van der Waals surface area contributed by atoms with Crippen LogP contribution < -0.4 is 11.1 Å². The second-order valence-electron chi connectivity index (χ2n) is 4.15. The van der Waals surface area contributed by atoms with Gasteiger partial charge >= 0.3 is 12.1 Å². The van der Waals surface area contributed by atoms with E-state index in [4.69, 9.17) is 22.4 Å². The molecule has 110 valence electrons. The molecule has 0 spiro atoms. The van der Waals surface area contributed by atoms with Gasteiger partial charge in [0, 0.05) is 0 Å². The van der Waals surface area contributed by atoms with Gasteiger partial charge in [-0.25, -0.2) is 4.79 Å². The second kappa shape index (κ2) is 5.29. The summed E-state index contributed by atoms with van der Waals surface area (Å²) in [5.41, 5.74) is 1.51. The van der Waals surface area contributed by atoms with Crippen molar-refractivity contribution in [2.75, 3.05) is 5.32 Å². The number of hydrogen-bond donors (Lipinski definition) is 3. The third kappa shape index (κ3) is 3.20. The Kier molecular flexibility index (Phi) is 4.30. The van der Waals surface area contributed by atoms with Crippen LogP contribution in [0.3, 0.4) is 0 Å². The molecule has 1 atom stereocenters. The zero-order chi connectivity index (χ0) is 15.7. The van der Waals surface area contributed by atoms with Gasteiger partial charge in [0.2, 0.25) is 0 Å². The van der Waals surface area contributed by atoms with Crippen LogP contribution in [0, 0.1) is 0 Å². The number of alkyl halides is 3. The summed E-state index contributed by atoms with van der Waals surface area (Å²) in [7, 11) is 0. The molecule has 0 bridgehead atoms. The molecule has 4 N–H and O–H groups in total. The number of nitrogens with one attached hydrogen (secondary N) is 1. The molecular formula is C11H10ClF3N2O3. The fourth-order valence-electron chi connectivity index (χ4n) is 1.13. The summed E-state index contributed by atoms with van der Waals surface area (Å²) in [5, 5.41) is 10.4. The first-order chi connectivity index (χ1) is 8.96. The van der Waals surface area contributed by atoms with Crippen LogP contribution in [0.1, 0.15) is 17.3 Å². The van der Waals surface area contributed by atoms with Crippen LogP contribution >= 0.6 is 11.6 Å². The Hall–Kier alpha value is -1.80. The minimum atomic E-state index is -4.94. The van der Waals surface area contributed by atoms with E-state index in [0.29, 0.717) is 6.92 Å². The van der Waals surface area contributed by atoms with Gasteiger partial charge in [0.1, 0.15) is 0 Å². The molecule has 20 heavy (non-hydrogen) atoms. The number of halogens is 4. The number of rotatable bonds is 3. The molecule has 0 saturated heterocycles. The molecule has 5 nitrogen and oxygen atoms in total. The van der Waals surface area contributed by atoms with Crippen LogP contribution in [-0.2, 0) is 4.79 Å². The average Bonchev–Trinajstić information content (AvgIpc) is 2.29. The molecule has 0 aromatic heterocycles. The molecule has 0 heterocycles. The number of nitrogens with two attached hydrogens (primary N) is 1. The largest absolute Gasteiger partial charge is 0.478 e. The highest BCUT2D eigenvalue weighted by Crippen LogP contribution is 2.30. The van der Waals surface area contributed by atoms with Gasteiger partial charge in [0.05, 0.1) is 16.3 Å². The quantitative estimate of drug-likeness (QED) is 0.798. The van der Waals surface area contributed by atoms with Crippen molar-refractivity contribution in [1.82, 2.24) is 0 Å². The van der Waals surface area contributed by atoms with Crippen LogP contribution in [0.4, 0.5) is 18.9 Å². The number of carboxylic acid groups (broad SMARTS) is 1. The molecule has 1 unspecified atom stereocenters. The number of carbonyl (C=O) groups is 2. The van der Waals surface area contributed by atoms with Crippen molar-refractivity contribution in [3.8, 4) is 0 Å². The smallest absolute Gasteiger partial charge is 0.415 e. The first-order valence-electron chi connectivity index (χ1n) is 5.16. The Morgan fingerprint density at radius 2 is 1.90 bits per heavy atom. The molecule has 1 rings (SSSR count). The summed E-state index contributed by atoms with van der Waals surface area (Å²) in [6, 6.07) is 3.17. The van der Waals surface area contributed by atoms with Crippen molar-refractivity contribution in [3.05, 3.63) is 28.8 Å². The first-order valence-corrected chi connectivity index (χ1v) is 5.54. The van der Waals surface area contributed by atoms with Crippen LogP contribution in [0.15, 0.2) is 18.2 Å². The van der Waals surface area contributed by atoms with Gasteiger partial charge in [-0.2, -0.15) is 13.2 Å². The van der Waals surface area contributed by atoms with Gasteiger partial charge in [-0.3, -0.25) is 4.79 Å². The summed E-state index contributed by atoms with van der Waals surface area (Å²) in [6.07, 6.45) is -4.94. The SMILES string of the molecule is CC(N)(C(=O)Nc1ccc(C(=O)O)cc1Cl)C(F)(F)F. The van der Waals surface area contributed by atoms with Crippen molar-refractivity contribution in [3.63, 3.8) is 0 Å². The Morgan fingerprint density at radius 1 is 1.35 bits per heavy atom. The second-order valence-corrected chi connectivity index (χ2v) is 4.56. The number of amides is 1. The molecule has 1 aromatic rings. The topological polar surface area (TPSA) is 92.4 Å². The summed E-state index contributed by atoms with van der Waals surface area (Å²) in [6.45, 7) is 0.516. The standard InChI is InChI=1S/C11H10ClF3N2O3/c1-10(16,11(13,14)15)9(20)17-7-3-2-5(8(18)19)4-6(7)12/h2-4H,16H2,1H3,(H,17,20)(H,18,19). The Morgan fingerprint density at radius 3 is 2.30 bits per heavy atom. The number of carbonyl (C=O) groups excluding carboxylic acids is 1. The number of hydrogen-bond acceptors (Lipinski definition) is 3. The molecule has 0 radical (unpaired) electrons. The molecule has 0 aliphatic rings. The van der Waals surface area contributed by atoms with Crippen molar-refractivity contribution >= 4 is 29.2 Å². The van der Waals surface area contributed by atoms with E-state index in [9.17, 15) is 22.8 Å². The van der Waals surface area contributed by atoms with E-state index in [-0.39, 0.29) is 16.3 Å². The third-order valence-electron chi connectivity index (χ3n) is 2.52. The first kappa shape index (κ1) is 16.3. The molecule has 0 aliphatic carbocycles. The Bertz CT molecular complexity index is 558. The summed E-state index contributed by atoms with van der Waals surface area (Å²) < 4.78 is 37.7. The maximum absolute atomic E-state index is 12.6. The molecule has 0 fully saturated rings. The summed E-state index contributed by atoms with van der Waals surface area (Å²) in [4.78, 5) is 22.2.